The number of rotatable bonds is 5. The van der Waals surface area contributed by atoms with Crippen molar-refractivity contribution in [2.24, 2.45) is 0 Å². The monoisotopic (exact) mass is 250 g/mol. The topological polar surface area (TPSA) is 59.1 Å². The summed E-state index contributed by atoms with van der Waals surface area (Å²) >= 11 is 0. The van der Waals surface area contributed by atoms with Gasteiger partial charge in [0.15, 0.2) is 0 Å². The summed E-state index contributed by atoms with van der Waals surface area (Å²) < 4.78 is 5.49. The Labute approximate surface area is 108 Å². The molecule has 0 aliphatic heterocycles. The molecule has 2 N–H and O–H groups in total. The lowest BCUT2D eigenvalue weighted by atomic mass is 10.2. The third kappa shape index (κ3) is 2.72. The summed E-state index contributed by atoms with van der Waals surface area (Å²) in [7, 11) is 1.78. The van der Waals surface area contributed by atoms with Gasteiger partial charge >= 0.3 is 0 Å². The lowest BCUT2D eigenvalue weighted by molar-refractivity contribution is 0.101. The van der Waals surface area contributed by atoms with Crippen molar-refractivity contribution in [3.8, 4) is 0 Å². The van der Waals surface area contributed by atoms with Crippen LogP contribution in [-0.4, -0.2) is 35.8 Å². The maximum atomic E-state index is 5.49. The van der Waals surface area contributed by atoms with Gasteiger partial charge < -0.3 is 15.4 Å². The molecular formula is C13H22N4O. The third-order valence-corrected chi connectivity index (χ3v) is 3.51. The van der Waals surface area contributed by atoms with Crippen LogP contribution < -0.4 is 10.6 Å². The summed E-state index contributed by atoms with van der Waals surface area (Å²) in [6.45, 7) is 4.96. The van der Waals surface area contributed by atoms with E-state index in [2.05, 4.69) is 27.5 Å². The van der Waals surface area contributed by atoms with E-state index in [1.165, 1.54) is 6.42 Å². The lowest BCUT2D eigenvalue weighted by Crippen LogP contribution is -2.30. The molecule has 1 saturated carbocycles. The zero-order valence-corrected chi connectivity index (χ0v) is 11.4. The summed E-state index contributed by atoms with van der Waals surface area (Å²) in [4.78, 5) is 8.58. The zero-order valence-electron chi connectivity index (χ0n) is 11.4. The van der Waals surface area contributed by atoms with Crippen LogP contribution in [0.15, 0.2) is 6.33 Å². The largest absolute Gasteiger partial charge is 0.379 e. The minimum Gasteiger partial charge on any atom is -0.379 e. The van der Waals surface area contributed by atoms with Crippen molar-refractivity contribution in [2.75, 3.05) is 24.3 Å². The molecule has 0 spiro atoms. The van der Waals surface area contributed by atoms with E-state index in [1.807, 2.05) is 6.92 Å². The molecule has 0 amide bonds. The standard InChI is InChI=1S/C13H22N4O/c1-4-14-12-9(2)13(16-8-15-12)17-10-6-5-7-11(10)18-3/h8,10-11H,4-7H2,1-3H3,(H2,14,15,16,17). The third-order valence-electron chi connectivity index (χ3n) is 3.51. The minimum absolute atomic E-state index is 0.293. The highest BCUT2D eigenvalue weighted by Crippen LogP contribution is 2.26. The fraction of sp³-hybridized carbons (Fsp3) is 0.692. The molecule has 0 aromatic carbocycles. The van der Waals surface area contributed by atoms with Crippen LogP contribution in [0.25, 0.3) is 0 Å². The summed E-state index contributed by atoms with van der Waals surface area (Å²) in [5.74, 6) is 1.82. The Morgan fingerprint density at radius 2 is 2.11 bits per heavy atom. The van der Waals surface area contributed by atoms with E-state index in [1.54, 1.807) is 13.4 Å². The maximum absolute atomic E-state index is 5.49. The number of anilines is 2. The van der Waals surface area contributed by atoms with E-state index in [4.69, 9.17) is 4.74 Å². The van der Waals surface area contributed by atoms with Crippen LogP contribution in [0.5, 0.6) is 0 Å². The molecule has 5 heteroatoms. The quantitative estimate of drug-likeness (QED) is 0.839. The van der Waals surface area contributed by atoms with E-state index in [0.717, 1.165) is 36.6 Å². The van der Waals surface area contributed by atoms with Crippen LogP contribution in [0.2, 0.25) is 0 Å². The molecule has 0 bridgehead atoms. The Morgan fingerprint density at radius 1 is 1.33 bits per heavy atom. The molecule has 0 radical (unpaired) electrons. The van der Waals surface area contributed by atoms with Gasteiger partial charge in [0.1, 0.15) is 18.0 Å². The Hall–Kier alpha value is -1.36. The van der Waals surface area contributed by atoms with Crippen molar-refractivity contribution in [2.45, 2.75) is 45.3 Å². The SMILES string of the molecule is CCNc1ncnc(NC2CCCC2OC)c1C. The first kappa shape index (κ1) is 13.1. The van der Waals surface area contributed by atoms with E-state index in [9.17, 15) is 0 Å². The number of ether oxygens (including phenoxy) is 1. The first-order valence-corrected chi connectivity index (χ1v) is 6.61. The first-order chi connectivity index (χ1) is 8.76. The number of nitrogens with zero attached hydrogens (tertiary/aromatic N) is 2. The summed E-state index contributed by atoms with van der Waals surface area (Å²) in [5.41, 5.74) is 1.07. The van der Waals surface area contributed by atoms with Crippen molar-refractivity contribution < 1.29 is 4.74 Å². The van der Waals surface area contributed by atoms with Gasteiger partial charge in [-0.05, 0) is 33.1 Å². The van der Waals surface area contributed by atoms with Gasteiger partial charge in [0.05, 0.1) is 12.1 Å². The highest BCUT2D eigenvalue weighted by Gasteiger charge is 2.27. The summed E-state index contributed by atoms with van der Waals surface area (Å²) in [5, 5.41) is 6.74. The van der Waals surface area contributed by atoms with Crippen LogP contribution in [0.4, 0.5) is 11.6 Å². The highest BCUT2D eigenvalue weighted by molar-refractivity contribution is 5.56. The zero-order chi connectivity index (χ0) is 13.0. The Balaban J connectivity index is 2.11. The van der Waals surface area contributed by atoms with Crippen LogP contribution in [-0.2, 0) is 4.74 Å². The molecule has 1 aromatic rings. The molecule has 2 rings (SSSR count). The Bertz CT molecular complexity index is 397. The normalized spacial score (nSPS) is 23.1. The van der Waals surface area contributed by atoms with Crippen molar-refractivity contribution in [1.82, 2.24) is 9.97 Å². The molecular weight excluding hydrogens is 228 g/mol. The average Bonchev–Trinajstić information content (AvgIpc) is 2.82. The molecule has 1 aliphatic rings. The second kappa shape index (κ2) is 6.00. The van der Waals surface area contributed by atoms with E-state index in [-0.39, 0.29) is 0 Å². The summed E-state index contributed by atoms with van der Waals surface area (Å²) in [6.07, 6.45) is 5.36. The first-order valence-electron chi connectivity index (χ1n) is 6.61. The van der Waals surface area contributed by atoms with Crippen LogP contribution >= 0.6 is 0 Å². The Kier molecular flexibility index (Phi) is 4.36. The molecule has 1 aliphatic carbocycles. The second-order valence-corrected chi connectivity index (χ2v) is 4.68. The molecule has 18 heavy (non-hydrogen) atoms. The number of hydrogen-bond acceptors (Lipinski definition) is 5. The smallest absolute Gasteiger partial charge is 0.134 e. The second-order valence-electron chi connectivity index (χ2n) is 4.68. The molecule has 0 saturated heterocycles. The van der Waals surface area contributed by atoms with Crippen molar-refractivity contribution in [1.29, 1.82) is 0 Å². The van der Waals surface area contributed by atoms with Gasteiger partial charge in [-0.2, -0.15) is 0 Å². The molecule has 2 atom stereocenters. The van der Waals surface area contributed by atoms with E-state index >= 15 is 0 Å². The van der Waals surface area contributed by atoms with Gasteiger partial charge in [-0.3, -0.25) is 0 Å². The number of aromatic nitrogens is 2. The Morgan fingerprint density at radius 3 is 2.83 bits per heavy atom. The predicted octanol–water partition coefficient (Wildman–Crippen LogP) is 2.20. The van der Waals surface area contributed by atoms with Crippen LogP contribution in [0.1, 0.15) is 31.7 Å². The van der Waals surface area contributed by atoms with E-state index < -0.39 is 0 Å². The molecule has 100 valence electrons. The number of methoxy groups -OCH3 is 1. The predicted molar refractivity (Wildman–Crippen MR) is 73.0 cm³/mol. The number of hydrogen-bond donors (Lipinski definition) is 2. The van der Waals surface area contributed by atoms with Gasteiger partial charge in [0.25, 0.3) is 0 Å². The molecule has 1 aromatic heterocycles. The molecule has 1 heterocycles. The fourth-order valence-corrected chi connectivity index (χ4v) is 2.49. The van der Waals surface area contributed by atoms with Gasteiger partial charge in [0, 0.05) is 19.2 Å². The van der Waals surface area contributed by atoms with Crippen LogP contribution in [0, 0.1) is 6.92 Å². The average molecular weight is 250 g/mol. The molecule has 1 fully saturated rings. The molecule has 5 nitrogen and oxygen atoms in total. The summed E-state index contributed by atoms with van der Waals surface area (Å²) in [6, 6.07) is 0.359. The van der Waals surface area contributed by atoms with E-state index in [0.29, 0.717) is 12.1 Å². The number of nitrogens with one attached hydrogen (secondary N) is 2. The lowest BCUT2D eigenvalue weighted by Gasteiger charge is -2.21. The van der Waals surface area contributed by atoms with Crippen molar-refractivity contribution in [3.05, 3.63) is 11.9 Å². The minimum atomic E-state index is 0.293. The van der Waals surface area contributed by atoms with Gasteiger partial charge in [-0.25, -0.2) is 9.97 Å². The highest BCUT2D eigenvalue weighted by atomic mass is 16.5. The van der Waals surface area contributed by atoms with Gasteiger partial charge in [-0.15, -0.1) is 0 Å². The molecule has 2 unspecified atom stereocenters. The van der Waals surface area contributed by atoms with Crippen molar-refractivity contribution >= 4 is 11.6 Å². The van der Waals surface area contributed by atoms with Crippen molar-refractivity contribution in [3.63, 3.8) is 0 Å². The maximum Gasteiger partial charge on any atom is 0.134 e. The fourth-order valence-electron chi connectivity index (χ4n) is 2.49. The van der Waals surface area contributed by atoms with Gasteiger partial charge in [0.2, 0.25) is 0 Å². The van der Waals surface area contributed by atoms with Crippen LogP contribution in [0.3, 0.4) is 0 Å². The van der Waals surface area contributed by atoms with Gasteiger partial charge in [-0.1, -0.05) is 0 Å².